The van der Waals surface area contributed by atoms with Gasteiger partial charge >= 0.3 is 6.55 Å². The van der Waals surface area contributed by atoms with Crippen LogP contribution in [0.1, 0.15) is 43.7 Å². The highest BCUT2D eigenvalue weighted by molar-refractivity contribution is 5.79. The Morgan fingerprint density at radius 3 is 2.57 bits per heavy atom. The fourth-order valence-electron chi connectivity index (χ4n) is 3.67. The maximum atomic E-state index is 13.0. The van der Waals surface area contributed by atoms with Gasteiger partial charge in [0, 0.05) is 25.5 Å². The summed E-state index contributed by atoms with van der Waals surface area (Å²) in [5.41, 5.74) is 1.20. The number of aromatic nitrogens is 2. The minimum atomic E-state index is -2.62. The van der Waals surface area contributed by atoms with Crippen molar-refractivity contribution < 1.29 is 13.5 Å². The third kappa shape index (κ3) is 5.69. The molecule has 1 saturated heterocycles. The number of ether oxygens (including phenoxy) is 1. The van der Waals surface area contributed by atoms with E-state index in [0.29, 0.717) is 19.0 Å². The van der Waals surface area contributed by atoms with Crippen LogP contribution in [0.5, 0.6) is 5.75 Å². The predicted molar refractivity (Wildman–Crippen MR) is 113 cm³/mol. The number of guanidine groups is 1. The number of benzene rings is 1. The van der Waals surface area contributed by atoms with Crippen LogP contribution in [0.3, 0.4) is 0 Å². The number of halogens is 2. The Morgan fingerprint density at radius 2 is 1.93 bits per heavy atom. The lowest BCUT2D eigenvalue weighted by Crippen LogP contribution is -2.42. The normalized spacial score (nSPS) is 16.1. The van der Waals surface area contributed by atoms with Crippen LogP contribution in [0, 0.1) is 0 Å². The summed E-state index contributed by atoms with van der Waals surface area (Å²) >= 11 is 0. The molecule has 0 bridgehead atoms. The van der Waals surface area contributed by atoms with Gasteiger partial charge in [0.1, 0.15) is 18.1 Å². The Kier molecular flexibility index (Phi) is 8.01. The van der Waals surface area contributed by atoms with Crippen molar-refractivity contribution in [2.45, 2.75) is 38.9 Å². The summed E-state index contributed by atoms with van der Waals surface area (Å²) in [6.07, 6.45) is 5.02. The molecule has 30 heavy (non-hydrogen) atoms. The average molecular weight is 421 g/mol. The quantitative estimate of drug-likeness (QED) is 0.482. The van der Waals surface area contributed by atoms with Gasteiger partial charge in [-0.3, -0.25) is 9.47 Å². The SMILES string of the molecule is CCNC(=NCc1nccn1C(F)F)NCC(c1ccc(OC)cc1)N1CCCC1. The number of methoxy groups -OCH3 is 1. The van der Waals surface area contributed by atoms with Gasteiger partial charge in [0.2, 0.25) is 0 Å². The van der Waals surface area contributed by atoms with E-state index in [-0.39, 0.29) is 18.4 Å². The molecule has 1 aliphatic heterocycles. The summed E-state index contributed by atoms with van der Waals surface area (Å²) in [4.78, 5) is 10.9. The van der Waals surface area contributed by atoms with Gasteiger partial charge in [0.05, 0.1) is 13.2 Å². The zero-order valence-corrected chi connectivity index (χ0v) is 17.5. The highest BCUT2D eigenvalue weighted by Crippen LogP contribution is 2.26. The second kappa shape index (κ2) is 10.9. The Hall–Kier alpha value is -2.68. The molecule has 0 amide bonds. The third-order valence-electron chi connectivity index (χ3n) is 5.23. The maximum absolute atomic E-state index is 13.0. The molecular weight excluding hydrogens is 390 g/mol. The van der Waals surface area contributed by atoms with Crippen molar-refractivity contribution in [1.82, 2.24) is 25.1 Å². The summed E-state index contributed by atoms with van der Waals surface area (Å²) in [5, 5.41) is 6.56. The van der Waals surface area contributed by atoms with Gasteiger partial charge in [-0.2, -0.15) is 8.78 Å². The molecule has 2 aromatic rings. The van der Waals surface area contributed by atoms with Crippen LogP contribution < -0.4 is 15.4 Å². The van der Waals surface area contributed by atoms with E-state index in [1.807, 2.05) is 19.1 Å². The van der Waals surface area contributed by atoms with Crippen LogP contribution in [-0.4, -0.2) is 53.7 Å². The number of hydrogen-bond acceptors (Lipinski definition) is 4. The molecule has 1 aromatic carbocycles. The van der Waals surface area contributed by atoms with E-state index in [1.165, 1.54) is 30.8 Å². The van der Waals surface area contributed by atoms with Crippen LogP contribution in [-0.2, 0) is 6.54 Å². The van der Waals surface area contributed by atoms with Crippen molar-refractivity contribution in [3.8, 4) is 5.75 Å². The predicted octanol–water partition coefficient (Wildman–Crippen LogP) is 3.18. The first kappa shape index (κ1) is 22.0. The molecule has 1 aromatic heterocycles. The Balaban J connectivity index is 1.70. The second-order valence-corrected chi connectivity index (χ2v) is 7.14. The van der Waals surface area contributed by atoms with Crippen molar-refractivity contribution in [3.63, 3.8) is 0 Å². The van der Waals surface area contributed by atoms with E-state index in [2.05, 4.69) is 37.6 Å². The topological polar surface area (TPSA) is 66.7 Å². The first-order valence-corrected chi connectivity index (χ1v) is 10.3. The third-order valence-corrected chi connectivity index (χ3v) is 5.23. The van der Waals surface area contributed by atoms with Crippen molar-refractivity contribution in [3.05, 3.63) is 48.0 Å². The monoisotopic (exact) mass is 420 g/mol. The summed E-state index contributed by atoms with van der Waals surface area (Å²) in [5.74, 6) is 1.64. The van der Waals surface area contributed by atoms with Crippen LogP contribution in [0.25, 0.3) is 0 Å². The highest BCUT2D eigenvalue weighted by Gasteiger charge is 2.23. The number of hydrogen-bond donors (Lipinski definition) is 2. The smallest absolute Gasteiger partial charge is 0.319 e. The minimum Gasteiger partial charge on any atom is -0.497 e. The van der Waals surface area contributed by atoms with Crippen LogP contribution in [0.4, 0.5) is 8.78 Å². The van der Waals surface area contributed by atoms with Crippen molar-refractivity contribution >= 4 is 5.96 Å². The van der Waals surface area contributed by atoms with E-state index < -0.39 is 6.55 Å². The largest absolute Gasteiger partial charge is 0.497 e. The lowest BCUT2D eigenvalue weighted by Gasteiger charge is -2.29. The summed E-state index contributed by atoms with van der Waals surface area (Å²) < 4.78 is 32.2. The highest BCUT2D eigenvalue weighted by atomic mass is 19.3. The van der Waals surface area contributed by atoms with Gasteiger partial charge in [0.15, 0.2) is 5.96 Å². The molecule has 0 saturated carbocycles. The Labute approximate surface area is 176 Å². The van der Waals surface area contributed by atoms with E-state index >= 15 is 0 Å². The lowest BCUT2D eigenvalue weighted by molar-refractivity contribution is 0.0671. The zero-order valence-electron chi connectivity index (χ0n) is 17.5. The molecule has 9 heteroatoms. The fraction of sp³-hybridized carbons (Fsp3) is 0.524. The van der Waals surface area contributed by atoms with Gasteiger partial charge in [-0.15, -0.1) is 0 Å². The molecule has 1 aliphatic rings. The van der Waals surface area contributed by atoms with Crippen molar-refractivity contribution in [2.24, 2.45) is 4.99 Å². The Bertz CT molecular complexity index is 802. The first-order valence-electron chi connectivity index (χ1n) is 10.3. The standard InChI is InChI=1S/C21H30F2N6O/c1-3-24-21(27-15-19-25-10-13-29(19)20(22)23)26-14-18(28-11-4-5-12-28)16-6-8-17(30-2)9-7-16/h6-10,13,18,20H,3-5,11-12,14-15H2,1-2H3,(H2,24,26,27). The molecule has 1 fully saturated rings. The van der Waals surface area contributed by atoms with Gasteiger partial charge in [-0.05, 0) is 50.6 Å². The van der Waals surface area contributed by atoms with Gasteiger partial charge in [-0.1, -0.05) is 12.1 Å². The van der Waals surface area contributed by atoms with Crippen molar-refractivity contribution in [1.29, 1.82) is 0 Å². The number of imidazole rings is 1. The van der Waals surface area contributed by atoms with Crippen LogP contribution >= 0.6 is 0 Å². The van der Waals surface area contributed by atoms with Crippen molar-refractivity contribution in [2.75, 3.05) is 33.3 Å². The number of aliphatic imine (C=N–C) groups is 1. The summed E-state index contributed by atoms with van der Waals surface area (Å²) in [6, 6.07) is 8.31. The molecule has 1 atom stereocenters. The number of likely N-dealkylation sites (tertiary alicyclic amines) is 1. The van der Waals surface area contributed by atoms with Gasteiger partial charge < -0.3 is 15.4 Å². The number of nitrogens with one attached hydrogen (secondary N) is 2. The van der Waals surface area contributed by atoms with Gasteiger partial charge in [0.25, 0.3) is 0 Å². The molecule has 3 rings (SSSR count). The maximum Gasteiger partial charge on any atom is 0.319 e. The van der Waals surface area contributed by atoms with E-state index in [0.717, 1.165) is 23.4 Å². The van der Waals surface area contributed by atoms with E-state index in [4.69, 9.17) is 4.74 Å². The zero-order chi connectivity index (χ0) is 21.3. The average Bonchev–Trinajstić information content (AvgIpc) is 3.45. The summed E-state index contributed by atoms with van der Waals surface area (Å²) in [6.45, 7) is 2.86. The van der Waals surface area contributed by atoms with E-state index in [1.54, 1.807) is 7.11 Å². The first-order chi connectivity index (χ1) is 14.6. The van der Waals surface area contributed by atoms with Gasteiger partial charge in [-0.25, -0.2) is 9.98 Å². The molecule has 2 heterocycles. The molecule has 164 valence electrons. The fourth-order valence-corrected chi connectivity index (χ4v) is 3.67. The Morgan fingerprint density at radius 1 is 1.20 bits per heavy atom. The minimum absolute atomic E-state index is 0.0730. The molecule has 0 aliphatic carbocycles. The van der Waals surface area contributed by atoms with Crippen LogP contribution in [0.15, 0.2) is 41.7 Å². The molecule has 1 unspecified atom stereocenters. The molecule has 0 radical (unpaired) electrons. The number of nitrogens with zero attached hydrogens (tertiary/aromatic N) is 4. The molecule has 0 spiro atoms. The van der Waals surface area contributed by atoms with Crippen LogP contribution in [0.2, 0.25) is 0 Å². The van der Waals surface area contributed by atoms with E-state index in [9.17, 15) is 8.78 Å². The number of alkyl halides is 2. The molecule has 7 nitrogen and oxygen atoms in total. The number of rotatable bonds is 9. The lowest BCUT2D eigenvalue weighted by atomic mass is 10.1. The summed E-state index contributed by atoms with van der Waals surface area (Å²) in [7, 11) is 1.66. The second-order valence-electron chi connectivity index (χ2n) is 7.14. The molecule has 2 N–H and O–H groups in total. The molecular formula is C21H30F2N6O.